The van der Waals surface area contributed by atoms with Gasteiger partial charge in [0.1, 0.15) is 6.10 Å². The summed E-state index contributed by atoms with van der Waals surface area (Å²) >= 11 is 0. The topological polar surface area (TPSA) is 29.5 Å². The minimum absolute atomic E-state index is 0.0111. The molecule has 0 amide bonds. The van der Waals surface area contributed by atoms with Crippen molar-refractivity contribution >= 4 is 0 Å². The van der Waals surface area contributed by atoms with Crippen molar-refractivity contribution in [2.75, 3.05) is 6.61 Å². The third-order valence-electron chi connectivity index (χ3n) is 2.93. The van der Waals surface area contributed by atoms with Gasteiger partial charge in [-0.3, -0.25) is 0 Å². The van der Waals surface area contributed by atoms with Crippen LogP contribution in [0.15, 0.2) is 0 Å². The summed E-state index contributed by atoms with van der Waals surface area (Å²) in [5, 5.41) is 10.1. The minimum atomic E-state index is -0.624. The normalized spacial score (nSPS) is 13.4. The number of hydrogen-bond acceptors (Lipinski definition) is 2. The van der Waals surface area contributed by atoms with Gasteiger partial charge in [0.05, 0.1) is 5.60 Å². The van der Waals surface area contributed by atoms with Gasteiger partial charge in [-0.05, 0) is 25.7 Å². The van der Waals surface area contributed by atoms with Crippen LogP contribution in [0.25, 0.3) is 0 Å². The van der Waals surface area contributed by atoms with E-state index in [4.69, 9.17) is 4.74 Å². The molecule has 0 aliphatic heterocycles. The molecule has 1 N–H and O–H groups in total. The zero-order valence-corrected chi connectivity index (χ0v) is 11.3. The lowest BCUT2D eigenvalue weighted by Crippen LogP contribution is -2.26. The van der Waals surface area contributed by atoms with E-state index in [9.17, 15) is 5.11 Å². The standard InChI is InChI=1S/C14H26O2/c1-6-14(15,7-2)11-9-10-13(12(4)5)16-8-3/h12-13,15H,6-8,11H2,1-5H3/t13-/m1/s1. The molecule has 0 spiro atoms. The first-order valence-corrected chi connectivity index (χ1v) is 6.31. The Hall–Kier alpha value is -0.520. The highest BCUT2D eigenvalue weighted by molar-refractivity contribution is 5.09. The van der Waals surface area contributed by atoms with Crippen LogP contribution in [0.3, 0.4) is 0 Å². The van der Waals surface area contributed by atoms with Gasteiger partial charge < -0.3 is 9.84 Å². The van der Waals surface area contributed by atoms with Gasteiger partial charge in [0.2, 0.25) is 0 Å². The third kappa shape index (κ3) is 5.53. The number of hydrogen-bond donors (Lipinski definition) is 1. The first-order chi connectivity index (χ1) is 7.49. The van der Waals surface area contributed by atoms with Crippen LogP contribution in [-0.4, -0.2) is 23.4 Å². The summed E-state index contributed by atoms with van der Waals surface area (Å²) in [6, 6.07) is 0. The van der Waals surface area contributed by atoms with E-state index in [0.717, 1.165) is 12.8 Å². The molecule has 0 unspecified atom stereocenters. The van der Waals surface area contributed by atoms with E-state index in [-0.39, 0.29) is 6.10 Å². The molecule has 0 aromatic rings. The summed E-state index contributed by atoms with van der Waals surface area (Å²) in [4.78, 5) is 0. The summed E-state index contributed by atoms with van der Waals surface area (Å²) in [6.07, 6.45) is 2.03. The Kier molecular flexibility index (Phi) is 7.45. The molecule has 0 saturated heterocycles. The summed E-state index contributed by atoms with van der Waals surface area (Å²) in [5.74, 6) is 6.57. The minimum Gasteiger partial charge on any atom is -0.389 e. The summed E-state index contributed by atoms with van der Waals surface area (Å²) in [5.41, 5.74) is -0.624. The molecule has 1 atom stereocenters. The second-order valence-electron chi connectivity index (χ2n) is 4.55. The van der Waals surface area contributed by atoms with Crippen molar-refractivity contribution in [2.24, 2.45) is 5.92 Å². The highest BCUT2D eigenvalue weighted by Gasteiger charge is 2.20. The monoisotopic (exact) mass is 226 g/mol. The second kappa shape index (κ2) is 7.70. The van der Waals surface area contributed by atoms with Gasteiger partial charge in [0.25, 0.3) is 0 Å². The van der Waals surface area contributed by atoms with Gasteiger partial charge in [0, 0.05) is 13.0 Å². The molecule has 0 aromatic carbocycles. The van der Waals surface area contributed by atoms with Crippen LogP contribution in [0.4, 0.5) is 0 Å². The predicted molar refractivity (Wildman–Crippen MR) is 68.2 cm³/mol. The number of ether oxygens (including phenoxy) is 1. The van der Waals surface area contributed by atoms with Crippen LogP contribution in [0.2, 0.25) is 0 Å². The maximum atomic E-state index is 10.1. The Balaban J connectivity index is 4.35. The van der Waals surface area contributed by atoms with Gasteiger partial charge in [-0.2, -0.15) is 0 Å². The molecular weight excluding hydrogens is 200 g/mol. The van der Waals surface area contributed by atoms with Crippen molar-refractivity contribution in [2.45, 2.75) is 65.6 Å². The van der Waals surface area contributed by atoms with Crippen LogP contribution in [0, 0.1) is 17.8 Å². The van der Waals surface area contributed by atoms with Crippen molar-refractivity contribution in [3.63, 3.8) is 0 Å². The van der Waals surface area contributed by atoms with Crippen molar-refractivity contribution in [1.82, 2.24) is 0 Å². The molecule has 0 saturated carbocycles. The van der Waals surface area contributed by atoms with Crippen molar-refractivity contribution in [3.05, 3.63) is 0 Å². The first kappa shape index (κ1) is 15.5. The van der Waals surface area contributed by atoms with Crippen molar-refractivity contribution in [1.29, 1.82) is 0 Å². The van der Waals surface area contributed by atoms with Crippen LogP contribution in [0.1, 0.15) is 53.9 Å². The van der Waals surface area contributed by atoms with Gasteiger partial charge in [-0.1, -0.05) is 39.5 Å². The number of aliphatic hydroxyl groups is 1. The Morgan fingerprint density at radius 3 is 2.12 bits per heavy atom. The fraction of sp³-hybridized carbons (Fsp3) is 0.857. The average molecular weight is 226 g/mol. The van der Waals surface area contributed by atoms with Crippen LogP contribution in [0.5, 0.6) is 0 Å². The Morgan fingerprint density at radius 1 is 1.19 bits per heavy atom. The van der Waals surface area contributed by atoms with E-state index in [1.165, 1.54) is 0 Å². The van der Waals surface area contributed by atoms with E-state index in [0.29, 0.717) is 18.9 Å². The Labute approximate surface area is 100 Å². The third-order valence-corrected chi connectivity index (χ3v) is 2.93. The van der Waals surface area contributed by atoms with E-state index in [2.05, 4.69) is 25.7 Å². The van der Waals surface area contributed by atoms with Crippen LogP contribution in [-0.2, 0) is 4.74 Å². The lowest BCUT2D eigenvalue weighted by molar-refractivity contribution is 0.0370. The van der Waals surface area contributed by atoms with Gasteiger partial charge in [-0.15, -0.1) is 0 Å². The van der Waals surface area contributed by atoms with E-state index >= 15 is 0 Å². The lowest BCUT2D eigenvalue weighted by Gasteiger charge is -2.22. The molecule has 0 fully saturated rings. The maximum absolute atomic E-state index is 10.1. The zero-order valence-electron chi connectivity index (χ0n) is 11.3. The molecular formula is C14H26O2. The molecule has 0 bridgehead atoms. The molecule has 0 rings (SSSR count). The van der Waals surface area contributed by atoms with E-state index in [1.54, 1.807) is 0 Å². The second-order valence-corrected chi connectivity index (χ2v) is 4.55. The van der Waals surface area contributed by atoms with E-state index < -0.39 is 5.60 Å². The number of rotatable bonds is 6. The molecule has 0 aliphatic carbocycles. The van der Waals surface area contributed by atoms with Gasteiger partial charge in [0.15, 0.2) is 0 Å². The largest absolute Gasteiger partial charge is 0.389 e. The molecule has 0 aromatic heterocycles. The Morgan fingerprint density at radius 2 is 1.75 bits per heavy atom. The summed E-state index contributed by atoms with van der Waals surface area (Å²) < 4.78 is 5.53. The lowest BCUT2D eigenvalue weighted by atomic mass is 9.93. The quantitative estimate of drug-likeness (QED) is 0.706. The molecule has 0 radical (unpaired) electrons. The highest BCUT2D eigenvalue weighted by atomic mass is 16.5. The molecule has 0 aliphatic rings. The van der Waals surface area contributed by atoms with E-state index in [1.807, 2.05) is 20.8 Å². The molecule has 94 valence electrons. The zero-order chi connectivity index (χ0) is 12.6. The van der Waals surface area contributed by atoms with Gasteiger partial charge >= 0.3 is 0 Å². The summed E-state index contributed by atoms with van der Waals surface area (Å²) in [6.45, 7) is 10.8. The molecule has 0 heterocycles. The smallest absolute Gasteiger partial charge is 0.120 e. The highest BCUT2D eigenvalue weighted by Crippen LogP contribution is 2.18. The fourth-order valence-corrected chi connectivity index (χ4v) is 1.40. The fourth-order valence-electron chi connectivity index (χ4n) is 1.40. The molecule has 16 heavy (non-hydrogen) atoms. The SMILES string of the molecule is CCO[C@H](C#CCC(O)(CC)CC)C(C)C. The van der Waals surface area contributed by atoms with Crippen molar-refractivity contribution < 1.29 is 9.84 Å². The maximum Gasteiger partial charge on any atom is 0.120 e. The van der Waals surface area contributed by atoms with Crippen molar-refractivity contribution in [3.8, 4) is 11.8 Å². The van der Waals surface area contributed by atoms with Crippen LogP contribution >= 0.6 is 0 Å². The predicted octanol–water partition coefficient (Wildman–Crippen LogP) is 2.99. The summed E-state index contributed by atoms with van der Waals surface area (Å²) in [7, 11) is 0. The Bertz CT molecular complexity index is 231. The molecule has 2 nitrogen and oxygen atoms in total. The first-order valence-electron chi connectivity index (χ1n) is 6.31. The van der Waals surface area contributed by atoms with Crippen LogP contribution < -0.4 is 0 Å². The average Bonchev–Trinajstić information content (AvgIpc) is 2.27. The van der Waals surface area contributed by atoms with Gasteiger partial charge in [-0.25, -0.2) is 0 Å². The molecule has 2 heteroatoms.